The highest BCUT2D eigenvalue weighted by Gasteiger charge is 2.28. The minimum atomic E-state index is 0.0156. The molecule has 2 N–H and O–H groups in total. The fourth-order valence-electron chi connectivity index (χ4n) is 3.87. The first kappa shape index (κ1) is 16.8. The molecule has 7 nitrogen and oxygen atoms in total. The number of hydrogen-bond donors (Lipinski definition) is 1. The standard InChI is InChI=1S/C17H18FN7S/c18-26-25-8-6-12-15(21-10-22-17(12)25)13-9-24(23-16(13)20)14(5-7-19)11-3-1-2-4-11/h6,8-11,14H,1-5H2,(H2,20,23). The maximum atomic E-state index is 13.0. The summed E-state index contributed by atoms with van der Waals surface area (Å²) in [5.41, 5.74) is 7.96. The number of nitrogens with two attached hydrogens (primary N) is 1. The molecule has 1 aliphatic rings. The van der Waals surface area contributed by atoms with Gasteiger partial charge in [-0.05, 0) is 24.8 Å². The maximum absolute atomic E-state index is 13.0. The molecule has 3 aromatic heterocycles. The largest absolute Gasteiger partial charge is 0.382 e. The Morgan fingerprint density at radius 2 is 2.19 bits per heavy atom. The summed E-state index contributed by atoms with van der Waals surface area (Å²) in [6.07, 6.45) is 9.85. The molecule has 3 heterocycles. The van der Waals surface area contributed by atoms with Gasteiger partial charge in [-0.1, -0.05) is 12.8 Å². The average Bonchev–Trinajstić information content (AvgIpc) is 3.39. The van der Waals surface area contributed by atoms with Gasteiger partial charge >= 0.3 is 0 Å². The van der Waals surface area contributed by atoms with Crippen LogP contribution in [0, 0.1) is 17.2 Å². The van der Waals surface area contributed by atoms with E-state index < -0.39 is 0 Å². The average molecular weight is 371 g/mol. The van der Waals surface area contributed by atoms with Crippen LogP contribution in [0.15, 0.2) is 24.8 Å². The van der Waals surface area contributed by atoms with Crippen LogP contribution in [-0.2, 0) is 0 Å². The van der Waals surface area contributed by atoms with Crippen molar-refractivity contribution in [2.75, 3.05) is 5.73 Å². The van der Waals surface area contributed by atoms with E-state index in [1.807, 2.05) is 10.9 Å². The Morgan fingerprint density at radius 3 is 2.92 bits per heavy atom. The summed E-state index contributed by atoms with van der Waals surface area (Å²) in [6, 6.07) is 4.05. The minimum Gasteiger partial charge on any atom is -0.382 e. The zero-order chi connectivity index (χ0) is 18.1. The van der Waals surface area contributed by atoms with E-state index in [0.29, 0.717) is 40.4 Å². The molecule has 1 saturated carbocycles. The van der Waals surface area contributed by atoms with Crippen molar-refractivity contribution in [2.24, 2.45) is 5.92 Å². The molecule has 134 valence electrons. The van der Waals surface area contributed by atoms with Crippen molar-refractivity contribution < 1.29 is 3.89 Å². The normalized spacial score (nSPS) is 16.2. The van der Waals surface area contributed by atoms with Crippen molar-refractivity contribution in [3.05, 3.63) is 24.8 Å². The Bertz CT molecular complexity index is 967. The molecule has 0 amide bonds. The number of nitrogens with zero attached hydrogens (tertiary/aromatic N) is 6. The summed E-state index contributed by atoms with van der Waals surface area (Å²) in [5, 5.41) is 14.4. The van der Waals surface area contributed by atoms with E-state index in [0.717, 1.165) is 12.8 Å². The molecule has 1 aliphatic carbocycles. The lowest BCUT2D eigenvalue weighted by atomic mass is 9.96. The van der Waals surface area contributed by atoms with Crippen LogP contribution in [0.25, 0.3) is 22.3 Å². The van der Waals surface area contributed by atoms with E-state index in [1.165, 1.54) is 23.1 Å². The Hall–Kier alpha value is -2.60. The first-order chi connectivity index (χ1) is 12.7. The SMILES string of the molecule is N#CCC(C1CCCC1)n1cc(-c2ncnc3c2ccn3SF)c(N)n1. The molecule has 0 bridgehead atoms. The Labute approximate surface area is 154 Å². The second-order valence-electron chi connectivity index (χ2n) is 6.55. The third kappa shape index (κ3) is 2.80. The van der Waals surface area contributed by atoms with E-state index in [2.05, 4.69) is 21.1 Å². The number of fused-ring (bicyclic) bond motifs is 1. The first-order valence-corrected chi connectivity index (χ1v) is 9.23. The molecule has 1 fully saturated rings. The van der Waals surface area contributed by atoms with Crippen molar-refractivity contribution in [1.82, 2.24) is 23.7 Å². The third-order valence-electron chi connectivity index (χ3n) is 5.12. The smallest absolute Gasteiger partial charge is 0.171 e. The highest BCUT2D eigenvalue weighted by molar-refractivity contribution is 7.92. The van der Waals surface area contributed by atoms with Gasteiger partial charge in [0.25, 0.3) is 0 Å². The third-order valence-corrected chi connectivity index (χ3v) is 5.57. The Kier molecular flexibility index (Phi) is 4.51. The Balaban J connectivity index is 1.77. The molecule has 26 heavy (non-hydrogen) atoms. The van der Waals surface area contributed by atoms with Crippen LogP contribution in [-0.4, -0.2) is 23.7 Å². The van der Waals surface area contributed by atoms with Gasteiger partial charge in [-0.2, -0.15) is 10.4 Å². The van der Waals surface area contributed by atoms with Crippen LogP contribution in [0.1, 0.15) is 38.1 Å². The fraction of sp³-hybridized carbons (Fsp3) is 0.412. The lowest BCUT2D eigenvalue weighted by Crippen LogP contribution is -2.17. The number of halogens is 1. The van der Waals surface area contributed by atoms with Crippen LogP contribution >= 0.6 is 12.3 Å². The van der Waals surface area contributed by atoms with Crippen molar-refractivity contribution in [3.8, 4) is 17.3 Å². The summed E-state index contributed by atoms with van der Waals surface area (Å²) in [6.45, 7) is 0. The minimum absolute atomic E-state index is 0.0156. The second-order valence-corrected chi connectivity index (χ2v) is 7.08. The summed E-state index contributed by atoms with van der Waals surface area (Å²) in [4.78, 5) is 8.49. The highest BCUT2D eigenvalue weighted by Crippen LogP contribution is 2.38. The fourth-order valence-corrected chi connectivity index (χ4v) is 4.19. The van der Waals surface area contributed by atoms with Crippen molar-refractivity contribution in [2.45, 2.75) is 38.1 Å². The molecule has 0 aromatic carbocycles. The summed E-state index contributed by atoms with van der Waals surface area (Å²) in [5.74, 6) is 0.794. The maximum Gasteiger partial charge on any atom is 0.171 e. The van der Waals surface area contributed by atoms with Crippen molar-refractivity contribution >= 4 is 29.2 Å². The van der Waals surface area contributed by atoms with Gasteiger partial charge in [-0.3, -0.25) is 4.68 Å². The second kappa shape index (κ2) is 6.96. The number of hydrogen-bond acceptors (Lipinski definition) is 6. The van der Waals surface area contributed by atoms with Crippen LogP contribution in [0.2, 0.25) is 0 Å². The first-order valence-electron chi connectivity index (χ1n) is 8.56. The molecule has 0 spiro atoms. The Morgan fingerprint density at radius 1 is 1.38 bits per heavy atom. The van der Waals surface area contributed by atoms with Crippen molar-refractivity contribution in [3.63, 3.8) is 0 Å². The quantitative estimate of drug-likeness (QED) is 0.730. The predicted octanol–water partition coefficient (Wildman–Crippen LogP) is 3.90. The van der Waals surface area contributed by atoms with Crippen LogP contribution in [0.5, 0.6) is 0 Å². The summed E-state index contributed by atoms with van der Waals surface area (Å²) in [7, 11) is 0. The van der Waals surface area contributed by atoms with Gasteiger partial charge in [0, 0.05) is 17.8 Å². The van der Waals surface area contributed by atoms with Gasteiger partial charge in [-0.25, -0.2) is 13.9 Å². The predicted molar refractivity (Wildman–Crippen MR) is 98.5 cm³/mol. The number of anilines is 1. The van der Waals surface area contributed by atoms with Gasteiger partial charge in [0.2, 0.25) is 0 Å². The number of rotatable bonds is 5. The van der Waals surface area contributed by atoms with Crippen LogP contribution in [0.4, 0.5) is 9.70 Å². The number of nitrogen functional groups attached to an aromatic ring is 1. The van der Waals surface area contributed by atoms with E-state index in [4.69, 9.17) is 5.73 Å². The van der Waals surface area contributed by atoms with E-state index >= 15 is 0 Å². The number of nitriles is 1. The van der Waals surface area contributed by atoms with Gasteiger partial charge in [-0.15, -0.1) is 3.89 Å². The molecule has 4 rings (SSSR count). The zero-order valence-electron chi connectivity index (χ0n) is 14.0. The summed E-state index contributed by atoms with van der Waals surface area (Å²) < 4.78 is 16.2. The van der Waals surface area contributed by atoms with Crippen LogP contribution < -0.4 is 5.73 Å². The van der Waals surface area contributed by atoms with Crippen molar-refractivity contribution in [1.29, 1.82) is 5.26 Å². The lowest BCUT2D eigenvalue weighted by molar-refractivity contribution is 0.315. The van der Waals surface area contributed by atoms with Crippen LogP contribution in [0.3, 0.4) is 0 Å². The zero-order valence-corrected chi connectivity index (χ0v) is 14.9. The molecule has 0 radical (unpaired) electrons. The number of aromatic nitrogens is 5. The van der Waals surface area contributed by atoms with E-state index in [1.54, 1.807) is 12.3 Å². The molecular weight excluding hydrogens is 353 g/mol. The van der Waals surface area contributed by atoms with E-state index in [-0.39, 0.29) is 18.4 Å². The molecule has 1 atom stereocenters. The summed E-state index contributed by atoms with van der Waals surface area (Å²) >= 11 is 0.0848. The van der Waals surface area contributed by atoms with Gasteiger partial charge in [0.15, 0.2) is 23.8 Å². The van der Waals surface area contributed by atoms with E-state index in [9.17, 15) is 9.15 Å². The molecule has 1 unspecified atom stereocenters. The molecule has 9 heteroatoms. The van der Waals surface area contributed by atoms with Gasteiger partial charge < -0.3 is 5.73 Å². The molecule has 0 saturated heterocycles. The van der Waals surface area contributed by atoms with Gasteiger partial charge in [0.1, 0.15) is 6.33 Å². The van der Waals surface area contributed by atoms with Gasteiger partial charge in [0.05, 0.1) is 29.8 Å². The highest BCUT2D eigenvalue weighted by atomic mass is 32.2. The lowest BCUT2D eigenvalue weighted by Gasteiger charge is -2.21. The molecular formula is C17H18FN7S. The topological polar surface area (TPSA) is 98.3 Å². The molecule has 3 aromatic rings. The monoisotopic (exact) mass is 371 g/mol. The molecule has 0 aliphatic heterocycles.